The number of sulfonamides is 1. The van der Waals surface area contributed by atoms with Crippen LogP contribution in [0.25, 0.3) is 0 Å². The van der Waals surface area contributed by atoms with Gasteiger partial charge >= 0.3 is 0 Å². The highest BCUT2D eigenvalue weighted by Gasteiger charge is 2.37. The van der Waals surface area contributed by atoms with E-state index in [0.717, 1.165) is 0 Å². The molecule has 1 fully saturated rings. The number of nitrogens with zero attached hydrogens (tertiary/aromatic N) is 1. The highest BCUT2D eigenvalue weighted by Crippen LogP contribution is 2.24. The lowest BCUT2D eigenvalue weighted by molar-refractivity contribution is -0.126. The lowest BCUT2D eigenvalue weighted by atomic mass is 10.2. The summed E-state index contributed by atoms with van der Waals surface area (Å²) in [5.74, 6) is -0.209. The number of piperazine rings is 1. The summed E-state index contributed by atoms with van der Waals surface area (Å²) in [7, 11) is -3.52. The maximum atomic E-state index is 12.3. The summed E-state index contributed by atoms with van der Waals surface area (Å²) in [6.07, 6.45) is 0.483. The Labute approximate surface area is 104 Å². The van der Waals surface area contributed by atoms with Crippen molar-refractivity contribution in [3.8, 4) is 0 Å². The molecule has 1 amide bonds. The molecule has 94 valence electrons. The first-order chi connectivity index (χ1) is 8.07. The van der Waals surface area contributed by atoms with Crippen molar-refractivity contribution in [3.05, 3.63) is 17.5 Å². The number of thiophene rings is 1. The molecular weight excluding hydrogens is 260 g/mol. The smallest absolute Gasteiger partial charge is 0.253 e. The van der Waals surface area contributed by atoms with Gasteiger partial charge in [-0.15, -0.1) is 11.3 Å². The number of nitrogens with one attached hydrogen (secondary N) is 1. The van der Waals surface area contributed by atoms with Gasteiger partial charge in [-0.3, -0.25) is 4.79 Å². The number of hydrogen-bond donors (Lipinski definition) is 1. The summed E-state index contributed by atoms with van der Waals surface area (Å²) in [5, 5.41) is 4.41. The molecule has 0 radical (unpaired) electrons. The van der Waals surface area contributed by atoms with E-state index in [9.17, 15) is 13.2 Å². The zero-order valence-corrected chi connectivity index (χ0v) is 11.1. The molecule has 7 heteroatoms. The Morgan fingerprint density at radius 2 is 2.35 bits per heavy atom. The molecule has 2 heterocycles. The third-order valence-corrected chi connectivity index (χ3v) is 6.01. The van der Waals surface area contributed by atoms with Crippen molar-refractivity contribution in [2.75, 3.05) is 13.1 Å². The zero-order chi connectivity index (χ0) is 12.5. The average molecular weight is 274 g/mol. The van der Waals surface area contributed by atoms with Gasteiger partial charge in [0.2, 0.25) is 5.91 Å². The van der Waals surface area contributed by atoms with Crippen molar-refractivity contribution in [3.63, 3.8) is 0 Å². The second kappa shape index (κ2) is 4.75. The monoisotopic (exact) mass is 274 g/mol. The third-order valence-electron chi connectivity index (χ3n) is 2.73. The lowest BCUT2D eigenvalue weighted by Gasteiger charge is -2.32. The first-order valence-corrected chi connectivity index (χ1v) is 7.72. The fourth-order valence-corrected chi connectivity index (χ4v) is 4.68. The van der Waals surface area contributed by atoms with Gasteiger partial charge in [-0.25, -0.2) is 8.42 Å². The van der Waals surface area contributed by atoms with Crippen LogP contribution in [0.3, 0.4) is 0 Å². The predicted octanol–water partition coefficient (Wildman–Crippen LogP) is 0.647. The second-order valence-corrected chi connectivity index (χ2v) is 6.83. The summed E-state index contributed by atoms with van der Waals surface area (Å²) in [4.78, 5) is 11.6. The Bertz CT molecular complexity index is 496. The van der Waals surface area contributed by atoms with Gasteiger partial charge in [0.25, 0.3) is 10.0 Å². The number of rotatable bonds is 3. The second-order valence-electron chi connectivity index (χ2n) is 3.76. The summed E-state index contributed by atoms with van der Waals surface area (Å²) < 4.78 is 26.2. The molecule has 17 heavy (non-hydrogen) atoms. The van der Waals surface area contributed by atoms with Crippen LogP contribution in [-0.2, 0) is 14.8 Å². The average Bonchev–Trinajstić information content (AvgIpc) is 2.82. The molecule has 1 aliphatic rings. The Morgan fingerprint density at radius 1 is 1.59 bits per heavy atom. The molecule has 2 rings (SSSR count). The van der Waals surface area contributed by atoms with Crippen molar-refractivity contribution in [1.82, 2.24) is 9.62 Å². The van der Waals surface area contributed by atoms with E-state index < -0.39 is 16.1 Å². The Kier molecular flexibility index (Phi) is 3.50. The molecule has 0 saturated carbocycles. The summed E-state index contributed by atoms with van der Waals surface area (Å²) >= 11 is 1.18. The van der Waals surface area contributed by atoms with E-state index in [1.165, 1.54) is 15.6 Å². The zero-order valence-electron chi connectivity index (χ0n) is 9.42. The topological polar surface area (TPSA) is 66.5 Å². The maximum absolute atomic E-state index is 12.3. The molecule has 1 atom stereocenters. The fraction of sp³-hybridized carbons (Fsp3) is 0.500. The highest BCUT2D eigenvalue weighted by molar-refractivity contribution is 7.91. The standard InChI is InChI=1S/C10H14N2O3S2/c1-2-8-10(13)11-5-6-12(8)17(14,15)9-4-3-7-16-9/h3-4,7-8H,2,5-6H2,1H3,(H,11,13). The van der Waals surface area contributed by atoms with Gasteiger partial charge in [-0.05, 0) is 17.9 Å². The van der Waals surface area contributed by atoms with Crippen LogP contribution in [-0.4, -0.2) is 37.8 Å². The molecule has 0 aromatic carbocycles. The Morgan fingerprint density at radius 3 is 2.94 bits per heavy atom. The van der Waals surface area contributed by atoms with Crippen LogP contribution in [0.1, 0.15) is 13.3 Å². The third kappa shape index (κ3) is 2.22. The number of carbonyl (C=O) groups excluding carboxylic acids is 1. The van der Waals surface area contributed by atoms with E-state index in [2.05, 4.69) is 5.32 Å². The van der Waals surface area contributed by atoms with Gasteiger partial charge in [-0.2, -0.15) is 4.31 Å². The van der Waals surface area contributed by atoms with Gasteiger partial charge in [0.15, 0.2) is 0 Å². The maximum Gasteiger partial charge on any atom is 0.253 e. The molecule has 0 bridgehead atoms. The SMILES string of the molecule is CCC1C(=O)NCCN1S(=O)(=O)c1cccs1. The van der Waals surface area contributed by atoms with E-state index >= 15 is 0 Å². The Balaban J connectivity index is 2.35. The lowest BCUT2D eigenvalue weighted by Crippen LogP contribution is -2.56. The normalized spacial score (nSPS) is 22.4. The molecule has 0 aliphatic carbocycles. The number of carbonyl (C=O) groups is 1. The van der Waals surface area contributed by atoms with Crippen molar-refractivity contribution in [2.45, 2.75) is 23.6 Å². The van der Waals surface area contributed by atoms with Gasteiger partial charge < -0.3 is 5.32 Å². The largest absolute Gasteiger partial charge is 0.353 e. The molecule has 1 unspecified atom stereocenters. The van der Waals surface area contributed by atoms with Gasteiger partial charge in [0, 0.05) is 13.1 Å². The van der Waals surface area contributed by atoms with Gasteiger partial charge in [0.05, 0.1) is 0 Å². The van der Waals surface area contributed by atoms with Crippen LogP contribution < -0.4 is 5.32 Å². The van der Waals surface area contributed by atoms with E-state index in [1.807, 2.05) is 6.92 Å². The van der Waals surface area contributed by atoms with Crippen molar-refractivity contribution in [1.29, 1.82) is 0 Å². The molecule has 1 N–H and O–H groups in total. The van der Waals surface area contributed by atoms with E-state index in [1.54, 1.807) is 17.5 Å². The van der Waals surface area contributed by atoms with Crippen LogP contribution in [0, 0.1) is 0 Å². The van der Waals surface area contributed by atoms with Crippen LogP contribution in [0.15, 0.2) is 21.7 Å². The number of amides is 1. The predicted molar refractivity (Wildman–Crippen MR) is 65.3 cm³/mol. The highest BCUT2D eigenvalue weighted by atomic mass is 32.2. The van der Waals surface area contributed by atoms with Crippen molar-refractivity contribution < 1.29 is 13.2 Å². The van der Waals surface area contributed by atoms with Crippen molar-refractivity contribution >= 4 is 27.3 Å². The van der Waals surface area contributed by atoms with Crippen LogP contribution >= 0.6 is 11.3 Å². The quantitative estimate of drug-likeness (QED) is 0.880. The van der Waals surface area contributed by atoms with Gasteiger partial charge in [0.1, 0.15) is 10.3 Å². The molecule has 1 aliphatic heterocycles. The molecule has 5 nitrogen and oxygen atoms in total. The minimum atomic E-state index is -3.52. The van der Waals surface area contributed by atoms with Gasteiger partial charge in [-0.1, -0.05) is 13.0 Å². The van der Waals surface area contributed by atoms with Crippen LogP contribution in [0.5, 0.6) is 0 Å². The fourth-order valence-electron chi connectivity index (χ4n) is 1.90. The molecule has 1 aromatic rings. The minimum Gasteiger partial charge on any atom is -0.353 e. The number of hydrogen-bond acceptors (Lipinski definition) is 4. The minimum absolute atomic E-state index is 0.209. The first kappa shape index (κ1) is 12.5. The summed E-state index contributed by atoms with van der Waals surface area (Å²) in [6, 6.07) is 2.68. The summed E-state index contributed by atoms with van der Waals surface area (Å²) in [6.45, 7) is 2.52. The molecule has 1 aromatic heterocycles. The first-order valence-electron chi connectivity index (χ1n) is 5.40. The van der Waals surface area contributed by atoms with E-state index in [0.29, 0.717) is 23.7 Å². The van der Waals surface area contributed by atoms with E-state index in [-0.39, 0.29) is 5.91 Å². The molecule has 0 spiro atoms. The Hall–Kier alpha value is -0.920. The van der Waals surface area contributed by atoms with Crippen LogP contribution in [0.2, 0.25) is 0 Å². The van der Waals surface area contributed by atoms with E-state index in [4.69, 9.17) is 0 Å². The molecular formula is C10H14N2O3S2. The summed E-state index contributed by atoms with van der Waals surface area (Å²) in [5.41, 5.74) is 0. The van der Waals surface area contributed by atoms with Crippen LogP contribution in [0.4, 0.5) is 0 Å². The van der Waals surface area contributed by atoms with Crippen molar-refractivity contribution in [2.24, 2.45) is 0 Å². The molecule has 1 saturated heterocycles.